The molecule has 1 heterocycles. The van der Waals surface area contributed by atoms with Gasteiger partial charge in [-0.25, -0.2) is 9.37 Å². The highest BCUT2D eigenvalue weighted by atomic mass is 79.9. The minimum absolute atomic E-state index is 0.282. The fourth-order valence-electron chi connectivity index (χ4n) is 1.04. The fourth-order valence-corrected chi connectivity index (χ4v) is 1.42. The molecule has 2 N–H and O–H groups in total. The van der Waals surface area contributed by atoms with Crippen molar-refractivity contribution in [3.05, 3.63) is 40.9 Å². The van der Waals surface area contributed by atoms with Crippen LogP contribution in [0.1, 0.15) is 0 Å². The minimum Gasteiger partial charge on any atom is -0.331 e. The Balaban J connectivity index is 2.22. The van der Waals surface area contributed by atoms with E-state index in [2.05, 4.69) is 31.2 Å². The van der Waals surface area contributed by atoms with Crippen LogP contribution in [0.3, 0.4) is 0 Å². The van der Waals surface area contributed by atoms with Gasteiger partial charge in [-0.15, -0.1) is 0 Å². The van der Waals surface area contributed by atoms with Gasteiger partial charge in [0, 0.05) is 18.1 Å². The lowest BCUT2D eigenvalue weighted by atomic mass is 10.3. The molecule has 0 bridgehead atoms. The Kier molecular flexibility index (Phi) is 2.49. The van der Waals surface area contributed by atoms with Crippen LogP contribution < -0.4 is 5.32 Å². The van der Waals surface area contributed by atoms with Crippen molar-refractivity contribution in [2.24, 2.45) is 0 Å². The number of anilines is 2. The average molecular weight is 256 g/mol. The summed E-state index contributed by atoms with van der Waals surface area (Å²) in [7, 11) is 0. The number of nitrogens with zero attached hydrogens (tertiary/aromatic N) is 1. The van der Waals surface area contributed by atoms with Crippen molar-refractivity contribution in [3.63, 3.8) is 0 Å². The van der Waals surface area contributed by atoms with Gasteiger partial charge in [-0.1, -0.05) is 0 Å². The summed E-state index contributed by atoms with van der Waals surface area (Å²) in [5, 5.41) is 2.99. The molecule has 0 aliphatic carbocycles. The lowest BCUT2D eigenvalue weighted by Gasteiger charge is -2.03. The second-order valence-electron chi connectivity index (χ2n) is 2.69. The number of hydrogen-bond acceptors (Lipinski definition) is 2. The smallest absolute Gasteiger partial charge is 0.204 e. The van der Waals surface area contributed by atoms with Crippen molar-refractivity contribution in [3.8, 4) is 0 Å². The summed E-state index contributed by atoms with van der Waals surface area (Å²) in [6.07, 6.45) is 3.35. The van der Waals surface area contributed by atoms with Crippen molar-refractivity contribution < 1.29 is 4.39 Å². The Labute approximate surface area is 88.5 Å². The first kappa shape index (κ1) is 9.21. The van der Waals surface area contributed by atoms with Crippen LogP contribution in [0, 0.1) is 5.82 Å². The second kappa shape index (κ2) is 3.79. The molecular formula is C9H7BrFN3. The standard InChI is InChI=1S/C9H7BrFN3/c10-7-5-6(1-2-8(7)11)14-9-12-3-4-13-9/h1-5H,(H2,12,13,14). The number of rotatable bonds is 2. The highest BCUT2D eigenvalue weighted by Gasteiger charge is 2.01. The Morgan fingerprint density at radius 3 is 2.93 bits per heavy atom. The van der Waals surface area contributed by atoms with E-state index in [0.717, 1.165) is 5.69 Å². The fraction of sp³-hybridized carbons (Fsp3) is 0. The average Bonchev–Trinajstić information content (AvgIpc) is 2.64. The molecule has 0 atom stereocenters. The van der Waals surface area contributed by atoms with E-state index in [1.165, 1.54) is 6.07 Å². The molecule has 0 unspecified atom stereocenters. The van der Waals surface area contributed by atoms with E-state index >= 15 is 0 Å². The van der Waals surface area contributed by atoms with Gasteiger partial charge in [-0.3, -0.25) is 0 Å². The maximum absolute atomic E-state index is 12.9. The molecule has 0 aliphatic heterocycles. The zero-order chi connectivity index (χ0) is 9.97. The number of halogens is 2. The van der Waals surface area contributed by atoms with E-state index in [1.807, 2.05) is 0 Å². The highest BCUT2D eigenvalue weighted by molar-refractivity contribution is 9.10. The minimum atomic E-state index is -0.282. The highest BCUT2D eigenvalue weighted by Crippen LogP contribution is 2.21. The Hall–Kier alpha value is -1.36. The summed E-state index contributed by atoms with van der Waals surface area (Å²) in [4.78, 5) is 6.88. The third-order valence-corrected chi connectivity index (χ3v) is 2.29. The van der Waals surface area contributed by atoms with E-state index in [4.69, 9.17) is 0 Å². The van der Waals surface area contributed by atoms with Crippen LogP contribution in [0.5, 0.6) is 0 Å². The van der Waals surface area contributed by atoms with Crippen molar-refractivity contribution in [2.75, 3.05) is 5.32 Å². The zero-order valence-corrected chi connectivity index (χ0v) is 8.68. The lowest BCUT2D eigenvalue weighted by Crippen LogP contribution is -1.92. The lowest BCUT2D eigenvalue weighted by molar-refractivity contribution is 0.621. The van der Waals surface area contributed by atoms with E-state index in [9.17, 15) is 4.39 Å². The number of hydrogen-bond donors (Lipinski definition) is 2. The molecule has 0 spiro atoms. The largest absolute Gasteiger partial charge is 0.331 e. The molecule has 2 aromatic rings. The Morgan fingerprint density at radius 2 is 2.29 bits per heavy atom. The molecule has 0 aliphatic rings. The van der Waals surface area contributed by atoms with E-state index < -0.39 is 0 Å². The molecule has 0 saturated heterocycles. The summed E-state index contributed by atoms with van der Waals surface area (Å²) >= 11 is 3.10. The van der Waals surface area contributed by atoms with Gasteiger partial charge in [-0.05, 0) is 34.1 Å². The maximum Gasteiger partial charge on any atom is 0.204 e. The summed E-state index contributed by atoms with van der Waals surface area (Å²) in [6, 6.07) is 4.68. The van der Waals surface area contributed by atoms with Gasteiger partial charge in [0.2, 0.25) is 5.95 Å². The van der Waals surface area contributed by atoms with E-state index in [0.29, 0.717) is 10.4 Å². The van der Waals surface area contributed by atoms with Gasteiger partial charge < -0.3 is 10.3 Å². The van der Waals surface area contributed by atoms with Crippen LogP contribution in [0.4, 0.5) is 16.0 Å². The van der Waals surface area contributed by atoms with Gasteiger partial charge in [0.1, 0.15) is 5.82 Å². The monoisotopic (exact) mass is 255 g/mol. The topological polar surface area (TPSA) is 40.7 Å². The summed E-state index contributed by atoms with van der Waals surface area (Å²) in [5.74, 6) is 0.346. The van der Waals surface area contributed by atoms with Gasteiger partial charge in [0.05, 0.1) is 4.47 Å². The van der Waals surface area contributed by atoms with E-state index in [1.54, 1.807) is 24.5 Å². The van der Waals surface area contributed by atoms with Crippen molar-refractivity contribution in [1.29, 1.82) is 0 Å². The van der Waals surface area contributed by atoms with Crippen LogP contribution in [0.2, 0.25) is 0 Å². The molecule has 1 aromatic heterocycles. The zero-order valence-electron chi connectivity index (χ0n) is 7.09. The first-order valence-corrected chi connectivity index (χ1v) is 4.76. The van der Waals surface area contributed by atoms with Gasteiger partial charge >= 0.3 is 0 Å². The van der Waals surface area contributed by atoms with E-state index in [-0.39, 0.29) is 5.82 Å². The summed E-state index contributed by atoms with van der Waals surface area (Å²) in [6.45, 7) is 0. The summed E-state index contributed by atoms with van der Waals surface area (Å²) in [5.41, 5.74) is 0.772. The van der Waals surface area contributed by atoms with Gasteiger partial charge in [-0.2, -0.15) is 0 Å². The van der Waals surface area contributed by atoms with Crippen molar-refractivity contribution in [1.82, 2.24) is 9.97 Å². The third-order valence-electron chi connectivity index (χ3n) is 1.68. The molecule has 2 rings (SSSR count). The molecule has 1 aromatic carbocycles. The molecular weight excluding hydrogens is 249 g/mol. The molecule has 5 heteroatoms. The number of aromatic nitrogens is 2. The molecule has 0 saturated carbocycles. The number of benzene rings is 1. The predicted octanol–water partition coefficient (Wildman–Crippen LogP) is 3.05. The summed E-state index contributed by atoms with van der Waals surface area (Å²) < 4.78 is 13.3. The first-order valence-electron chi connectivity index (χ1n) is 3.97. The van der Waals surface area contributed by atoms with Crippen LogP contribution in [-0.4, -0.2) is 9.97 Å². The Morgan fingerprint density at radius 1 is 1.43 bits per heavy atom. The quantitative estimate of drug-likeness (QED) is 0.866. The number of H-pyrrole nitrogens is 1. The molecule has 0 amide bonds. The SMILES string of the molecule is Fc1ccc(Nc2ncc[nH]2)cc1Br. The molecule has 0 radical (unpaired) electrons. The normalized spacial score (nSPS) is 10.1. The molecule has 3 nitrogen and oxygen atoms in total. The van der Waals surface area contributed by atoms with Gasteiger partial charge in [0.15, 0.2) is 0 Å². The third kappa shape index (κ3) is 1.93. The van der Waals surface area contributed by atoms with Crippen molar-refractivity contribution >= 4 is 27.6 Å². The van der Waals surface area contributed by atoms with Crippen molar-refractivity contribution in [2.45, 2.75) is 0 Å². The second-order valence-corrected chi connectivity index (χ2v) is 3.55. The Bertz CT molecular complexity index is 428. The number of nitrogens with one attached hydrogen (secondary N) is 2. The van der Waals surface area contributed by atoms with Crippen LogP contribution >= 0.6 is 15.9 Å². The molecule has 0 fully saturated rings. The number of imidazole rings is 1. The maximum atomic E-state index is 12.9. The number of aromatic amines is 1. The van der Waals surface area contributed by atoms with Gasteiger partial charge in [0.25, 0.3) is 0 Å². The predicted molar refractivity (Wildman–Crippen MR) is 56.0 cm³/mol. The van der Waals surface area contributed by atoms with Crippen LogP contribution in [-0.2, 0) is 0 Å². The van der Waals surface area contributed by atoms with Crippen LogP contribution in [0.15, 0.2) is 35.1 Å². The van der Waals surface area contributed by atoms with Crippen LogP contribution in [0.25, 0.3) is 0 Å². The molecule has 14 heavy (non-hydrogen) atoms. The molecule has 72 valence electrons. The first-order chi connectivity index (χ1) is 6.75.